The number of alkyl halides is 1. The molecule has 11 nitrogen and oxygen atoms in total. The molecule has 4 heterocycles. The third-order valence-corrected chi connectivity index (χ3v) is 5.94. The van der Waals surface area contributed by atoms with E-state index in [4.69, 9.17) is 5.26 Å². The Balaban J connectivity index is 1.51. The van der Waals surface area contributed by atoms with Crippen LogP contribution in [-0.2, 0) is 0 Å². The quantitative estimate of drug-likeness (QED) is 0.224. The summed E-state index contributed by atoms with van der Waals surface area (Å²) in [5.74, 6) is -0.548. The van der Waals surface area contributed by atoms with Crippen molar-refractivity contribution in [2.45, 2.75) is 25.6 Å². The SMILES string of the molecule is CC(C)(O)[C@H](F)CNC(=O)c1cnc(-c2ccc3cc(C#N)cnn23)cc1Nc1ccc2c(c1)NNN2. The van der Waals surface area contributed by atoms with Crippen LogP contribution in [0, 0.1) is 11.3 Å². The van der Waals surface area contributed by atoms with E-state index in [-0.39, 0.29) is 12.1 Å². The number of halogens is 1. The van der Waals surface area contributed by atoms with Crippen LogP contribution in [-0.4, -0.2) is 43.9 Å². The number of fused-ring (bicyclic) bond motifs is 2. The van der Waals surface area contributed by atoms with E-state index >= 15 is 0 Å². The van der Waals surface area contributed by atoms with Crippen LogP contribution >= 0.6 is 0 Å². The van der Waals surface area contributed by atoms with Crippen LogP contribution in [0.4, 0.5) is 27.1 Å². The number of amides is 1. The highest BCUT2D eigenvalue weighted by Crippen LogP contribution is 2.32. The number of hydrazine groups is 2. The fourth-order valence-corrected chi connectivity index (χ4v) is 3.82. The van der Waals surface area contributed by atoms with E-state index in [0.717, 1.165) is 16.9 Å². The van der Waals surface area contributed by atoms with Gasteiger partial charge < -0.3 is 26.6 Å². The van der Waals surface area contributed by atoms with Crippen molar-refractivity contribution >= 4 is 34.2 Å². The van der Waals surface area contributed by atoms with Crippen LogP contribution in [0.2, 0.25) is 0 Å². The molecule has 5 rings (SSSR count). The van der Waals surface area contributed by atoms with Gasteiger partial charge in [0.05, 0.1) is 63.4 Å². The Morgan fingerprint density at radius 1 is 1.19 bits per heavy atom. The highest BCUT2D eigenvalue weighted by molar-refractivity contribution is 6.00. The molecule has 0 saturated heterocycles. The fourth-order valence-electron chi connectivity index (χ4n) is 3.82. The normalized spacial score (nSPS) is 13.3. The average molecular weight is 502 g/mol. The Hall–Kier alpha value is -4.73. The van der Waals surface area contributed by atoms with E-state index in [9.17, 15) is 14.3 Å². The highest BCUT2D eigenvalue weighted by atomic mass is 19.1. The van der Waals surface area contributed by atoms with Crippen LogP contribution in [0.1, 0.15) is 29.8 Å². The van der Waals surface area contributed by atoms with E-state index in [1.807, 2.05) is 30.3 Å². The van der Waals surface area contributed by atoms with Gasteiger partial charge in [-0.25, -0.2) is 8.91 Å². The van der Waals surface area contributed by atoms with Gasteiger partial charge in [0.15, 0.2) is 0 Å². The Morgan fingerprint density at radius 3 is 2.78 bits per heavy atom. The smallest absolute Gasteiger partial charge is 0.255 e. The minimum Gasteiger partial charge on any atom is -0.387 e. The summed E-state index contributed by atoms with van der Waals surface area (Å²) in [6, 6.07) is 14.7. The molecule has 0 bridgehead atoms. The number of carbonyl (C=O) groups is 1. The van der Waals surface area contributed by atoms with Crippen LogP contribution < -0.4 is 27.0 Å². The van der Waals surface area contributed by atoms with E-state index in [0.29, 0.717) is 28.3 Å². The molecule has 0 saturated carbocycles. The number of hydrogen-bond donors (Lipinski definition) is 6. The van der Waals surface area contributed by atoms with Crippen molar-refractivity contribution in [1.29, 1.82) is 5.26 Å². The van der Waals surface area contributed by atoms with Gasteiger partial charge in [0, 0.05) is 11.9 Å². The molecule has 1 aliphatic rings. The molecular formula is C25H24FN9O2. The molecule has 1 amide bonds. The van der Waals surface area contributed by atoms with E-state index in [1.165, 1.54) is 26.2 Å². The number of hydrogen-bond acceptors (Lipinski definition) is 9. The molecule has 0 aliphatic carbocycles. The van der Waals surface area contributed by atoms with Crippen LogP contribution in [0.15, 0.2) is 54.9 Å². The molecule has 0 spiro atoms. The molecule has 12 heteroatoms. The minimum atomic E-state index is -1.65. The third kappa shape index (κ3) is 4.86. The largest absolute Gasteiger partial charge is 0.387 e. The lowest BCUT2D eigenvalue weighted by atomic mass is 10.0. The predicted octanol–water partition coefficient (Wildman–Crippen LogP) is 3.11. The molecule has 37 heavy (non-hydrogen) atoms. The topological polar surface area (TPSA) is 151 Å². The number of aliphatic hydroxyl groups is 1. The lowest BCUT2D eigenvalue weighted by Crippen LogP contribution is -2.42. The number of pyridine rings is 1. The first-order chi connectivity index (χ1) is 17.7. The van der Waals surface area contributed by atoms with Gasteiger partial charge in [-0.2, -0.15) is 10.4 Å². The summed E-state index contributed by atoms with van der Waals surface area (Å²) in [5.41, 5.74) is 12.5. The zero-order chi connectivity index (χ0) is 26.2. The second kappa shape index (κ2) is 9.38. The van der Waals surface area contributed by atoms with Crippen molar-refractivity contribution in [2.24, 2.45) is 0 Å². The third-order valence-electron chi connectivity index (χ3n) is 5.94. The Morgan fingerprint density at radius 2 is 2.00 bits per heavy atom. The Kier molecular flexibility index (Phi) is 6.08. The maximum absolute atomic E-state index is 14.3. The lowest BCUT2D eigenvalue weighted by molar-refractivity contribution is -0.00177. The molecule has 0 fully saturated rings. The summed E-state index contributed by atoms with van der Waals surface area (Å²) in [5, 5.41) is 29.1. The number of rotatable bonds is 7. The van der Waals surface area contributed by atoms with Crippen LogP contribution in [0.25, 0.3) is 16.9 Å². The minimum absolute atomic E-state index is 0.192. The lowest BCUT2D eigenvalue weighted by Gasteiger charge is -2.22. The Labute approximate surface area is 211 Å². The number of carbonyl (C=O) groups excluding carboxylic acids is 1. The molecular weight excluding hydrogens is 477 g/mol. The number of nitriles is 1. The summed E-state index contributed by atoms with van der Waals surface area (Å²) in [6.45, 7) is 2.32. The first kappa shape index (κ1) is 24.0. The molecule has 3 aromatic heterocycles. The van der Waals surface area contributed by atoms with Gasteiger partial charge in [0.25, 0.3) is 5.91 Å². The van der Waals surface area contributed by atoms with Crippen molar-refractivity contribution in [1.82, 2.24) is 25.4 Å². The van der Waals surface area contributed by atoms with Crippen molar-refractivity contribution in [3.05, 3.63) is 66.0 Å². The standard InChI is InChI=1S/C25H24FN9O2/c1-25(2,37)23(26)13-29-24(36)17-12-28-21(22-6-4-16-7-14(10-27)11-30-35(16)22)9-19(17)31-15-3-5-18-20(8-15)33-34-32-18/h3-9,11-12,23,32-34,37H,13H2,1-2H3,(H,28,31)(H,29,36)/t23-/m1/s1. The number of nitrogens with one attached hydrogen (secondary N) is 5. The summed E-state index contributed by atoms with van der Waals surface area (Å²) < 4.78 is 15.9. The molecule has 0 unspecified atom stereocenters. The average Bonchev–Trinajstić information content (AvgIpc) is 3.52. The van der Waals surface area contributed by atoms with Gasteiger partial charge in [-0.15, -0.1) is 5.53 Å². The second-order valence-corrected chi connectivity index (χ2v) is 9.12. The maximum atomic E-state index is 14.3. The number of aromatic nitrogens is 3. The first-order valence-corrected chi connectivity index (χ1v) is 11.4. The van der Waals surface area contributed by atoms with Gasteiger partial charge in [0.2, 0.25) is 0 Å². The van der Waals surface area contributed by atoms with Gasteiger partial charge >= 0.3 is 0 Å². The van der Waals surface area contributed by atoms with Gasteiger partial charge in [-0.05, 0) is 56.3 Å². The first-order valence-electron chi connectivity index (χ1n) is 11.4. The zero-order valence-electron chi connectivity index (χ0n) is 20.0. The van der Waals surface area contributed by atoms with E-state index in [2.05, 4.69) is 43.2 Å². The molecule has 6 N–H and O–H groups in total. The monoisotopic (exact) mass is 501 g/mol. The summed E-state index contributed by atoms with van der Waals surface area (Å²) in [4.78, 5) is 17.5. The van der Waals surface area contributed by atoms with E-state index in [1.54, 1.807) is 16.6 Å². The predicted molar refractivity (Wildman–Crippen MR) is 137 cm³/mol. The summed E-state index contributed by atoms with van der Waals surface area (Å²) in [6.07, 6.45) is 1.22. The molecule has 0 radical (unpaired) electrons. The van der Waals surface area contributed by atoms with Crippen LogP contribution in [0.5, 0.6) is 0 Å². The summed E-state index contributed by atoms with van der Waals surface area (Å²) >= 11 is 0. The van der Waals surface area contributed by atoms with Crippen LogP contribution in [0.3, 0.4) is 0 Å². The number of nitrogens with zero attached hydrogens (tertiary/aromatic N) is 4. The number of anilines is 4. The van der Waals surface area contributed by atoms with Crippen molar-refractivity contribution in [3.8, 4) is 17.5 Å². The number of benzene rings is 1. The zero-order valence-corrected chi connectivity index (χ0v) is 20.0. The van der Waals surface area contributed by atoms with Crippen molar-refractivity contribution < 1.29 is 14.3 Å². The fraction of sp³-hybridized carbons (Fsp3) is 0.200. The molecule has 1 aromatic carbocycles. The highest BCUT2D eigenvalue weighted by Gasteiger charge is 2.27. The van der Waals surface area contributed by atoms with Crippen molar-refractivity contribution in [3.63, 3.8) is 0 Å². The molecule has 188 valence electrons. The Bertz CT molecular complexity index is 1540. The summed E-state index contributed by atoms with van der Waals surface area (Å²) in [7, 11) is 0. The second-order valence-electron chi connectivity index (χ2n) is 9.12. The van der Waals surface area contributed by atoms with Gasteiger partial charge in [-0.3, -0.25) is 9.78 Å². The molecule has 4 aromatic rings. The molecule has 1 atom stereocenters. The van der Waals surface area contributed by atoms with Gasteiger partial charge in [-0.1, -0.05) is 0 Å². The van der Waals surface area contributed by atoms with Gasteiger partial charge in [0.1, 0.15) is 12.2 Å². The molecule has 1 aliphatic heterocycles. The maximum Gasteiger partial charge on any atom is 0.255 e. The van der Waals surface area contributed by atoms with Crippen molar-refractivity contribution in [2.75, 3.05) is 22.7 Å². The van der Waals surface area contributed by atoms with E-state index < -0.39 is 17.7 Å².